The normalized spacial score (nSPS) is 14.9. The zero-order valence-electron chi connectivity index (χ0n) is 17.7. The van der Waals surface area contributed by atoms with Crippen molar-refractivity contribution in [3.05, 3.63) is 63.2 Å². The van der Waals surface area contributed by atoms with Gasteiger partial charge in [-0.05, 0) is 43.5 Å². The highest BCUT2D eigenvalue weighted by atomic mass is 16.7. The molecule has 1 heterocycles. The molecule has 2 aromatic rings. The number of rotatable bonds is 7. The zero-order chi connectivity index (χ0) is 22.7. The van der Waals surface area contributed by atoms with Crippen LogP contribution in [0.15, 0.2) is 36.4 Å². The van der Waals surface area contributed by atoms with Crippen molar-refractivity contribution >= 4 is 17.6 Å². The average molecular weight is 440 g/mol. The van der Waals surface area contributed by atoms with Crippen LogP contribution in [0, 0.1) is 10.1 Å². The Hall–Kier alpha value is -3.62. The van der Waals surface area contributed by atoms with E-state index in [0.717, 1.165) is 37.3 Å². The van der Waals surface area contributed by atoms with Gasteiger partial charge in [-0.2, -0.15) is 0 Å². The molecule has 0 N–H and O–H groups in total. The summed E-state index contributed by atoms with van der Waals surface area (Å²) < 4.78 is 15.8. The Bertz CT molecular complexity index is 1050. The van der Waals surface area contributed by atoms with Crippen molar-refractivity contribution < 1.29 is 28.7 Å². The molecule has 9 heteroatoms. The number of benzene rings is 2. The Kier molecular flexibility index (Phi) is 6.25. The lowest BCUT2D eigenvalue weighted by Gasteiger charge is -2.29. The van der Waals surface area contributed by atoms with Gasteiger partial charge >= 0.3 is 5.97 Å². The van der Waals surface area contributed by atoms with Crippen LogP contribution >= 0.6 is 0 Å². The topological polar surface area (TPSA) is 108 Å². The summed E-state index contributed by atoms with van der Waals surface area (Å²) in [6, 6.07) is 9.25. The molecule has 1 aliphatic carbocycles. The quantitative estimate of drug-likeness (QED) is 0.362. The predicted octanol–water partition coefficient (Wildman–Crippen LogP) is 4.09. The minimum absolute atomic E-state index is 0.0122. The number of non-ortho nitro benzene ring substituents is 1. The van der Waals surface area contributed by atoms with Crippen molar-refractivity contribution in [2.24, 2.45) is 0 Å². The monoisotopic (exact) mass is 440 g/mol. The summed E-state index contributed by atoms with van der Waals surface area (Å²) in [5.74, 6) is 0.226. The molecular weight excluding hydrogens is 416 g/mol. The van der Waals surface area contributed by atoms with Crippen LogP contribution < -0.4 is 9.47 Å². The van der Waals surface area contributed by atoms with E-state index in [9.17, 15) is 19.7 Å². The van der Waals surface area contributed by atoms with Crippen molar-refractivity contribution in [1.29, 1.82) is 0 Å². The summed E-state index contributed by atoms with van der Waals surface area (Å²) >= 11 is 0. The van der Waals surface area contributed by atoms with Crippen LogP contribution in [0.3, 0.4) is 0 Å². The highest BCUT2D eigenvalue weighted by Crippen LogP contribution is 2.34. The molecule has 0 bridgehead atoms. The molecule has 1 amide bonds. The van der Waals surface area contributed by atoms with Crippen molar-refractivity contribution in [1.82, 2.24) is 4.90 Å². The van der Waals surface area contributed by atoms with Crippen molar-refractivity contribution in [2.45, 2.75) is 45.2 Å². The first-order chi connectivity index (χ1) is 15.5. The fourth-order valence-corrected chi connectivity index (χ4v) is 4.16. The second-order valence-electron chi connectivity index (χ2n) is 7.81. The summed E-state index contributed by atoms with van der Waals surface area (Å²) in [6.45, 7) is 2.25. The molecule has 1 fully saturated rings. The minimum atomic E-state index is -0.701. The van der Waals surface area contributed by atoms with E-state index in [1.54, 1.807) is 17.9 Å². The number of nitro groups is 1. The Labute approximate surface area is 185 Å². The van der Waals surface area contributed by atoms with Crippen molar-refractivity contribution in [3.63, 3.8) is 0 Å². The number of fused-ring (bicyclic) bond motifs is 1. The maximum absolute atomic E-state index is 13.6. The highest BCUT2D eigenvalue weighted by molar-refractivity contribution is 5.99. The van der Waals surface area contributed by atoms with Crippen LogP contribution in [0.4, 0.5) is 5.69 Å². The smallest absolute Gasteiger partial charge is 0.338 e. The number of ether oxygens (including phenoxy) is 3. The van der Waals surface area contributed by atoms with E-state index in [0.29, 0.717) is 18.0 Å². The first kappa shape index (κ1) is 21.6. The molecule has 9 nitrogen and oxygen atoms in total. The largest absolute Gasteiger partial charge is 0.462 e. The number of hydrogen-bond acceptors (Lipinski definition) is 7. The summed E-state index contributed by atoms with van der Waals surface area (Å²) in [4.78, 5) is 38.4. The van der Waals surface area contributed by atoms with E-state index < -0.39 is 10.9 Å². The molecule has 0 aromatic heterocycles. The lowest BCUT2D eigenvalue weighted by molar-refractivity contribution is -0.384. The molecule has 0 unspecified atom stereocenters. The fourth-order valence-electron chi connectivity index (χ4n) is 4.16. The van der Waals surface area contributed by atoms with Crippen molar-refractivity contribution in [3.8, 4) is 11.5 Å². The number of esters is 1. The van der Waals surface area contributed by atoms with Gasteiger partial charge in [-0.1, -0.05) is 18.9 Å². The average Bonchev–Trinajstić information content (AvgIpc) is 3.48. The molecule has 2 aliphatic rings. The second kappa shape index (κ2) is 9.25. The molecule has 0 radical (unpaired) electrons. The Balaban J connectivity index is 1.67. The predicted molar refractivity (Wildman–Crippen MR) is 114 cm³/mol. The standard InChI is InChI=1S/C23H24N2O7/c1-2-30-23(27)17-10-16(11-19(12-17)25(28)29)22(26)24(18-5-3-4-6-18)13-15-7-8-20-21(9-15)32-14-31-20/h7-12,18H,2-6,13-14H2,1H3. The molecule has 0 spiro atoms. The molecule has 1 saturated carbocycles. The maximum atomic E-state index is 13.6. The second-order valence-corrected chi connectivity index (χ2v) is 7.81. The number of carbonyl (C=O) groups excluding carboxylic acids is 2. The molecule has 2 aromatic carbocycles. The molecule has 0 saturated heterocycles. The summed E-state index contributed by atoms with van der Waals surface area (Å²) in [7, 11) is 0. The molecule has 32 heavy (non-hydrogen) atoms. The Morgan fingerprint density at radius 1 is 1.09 bits per heavy atom. The van der Waals surface area contributed by atoms with Crippen LogP contribution in [-0.2, 0) is 11.3 Å². The van der Waals surface area contributed by atoms with Crippen LogP contribution in [0.5, 0.6) is 11.5 Å². The van der Waals surface area contributed by atoms with Gasteiger partial charge in [0.05, 0.1) is 17.1 Å². The number of carbonyl (C=O) groups is 2. The fraction of sp³-hybridized carbons (Fsp3) is 0.391. The SMILES string of the molecule is CCOC(=O)c1cc(C(=O)N(Cc2ccc3c(c2)OCO3)C2CCCC2)cc([N+](=O)[O-])c1. The summed E-state index contributed by atoms with van der Waals surface area (Å²) in [5, 5.41) is 11.4. The van der Waals surface area contributed by atoms with Gasteiger partial charge < -0.3 is 19.1 Å². The summed E-state index contributed by atoms with van der Waals surface area (Å²) in [6.07, 6.45) is 3.74. The van der Waals surface area contributed by atoms with E-state index in [1.165, 1.54) is 12.1 Å². The maximum Gasteiger partial charge on any atom is 0.338 e. The Morgan fingerprint density at radius 3 is 2.53 bits per heavy atom. The number of hydrogen-bond donors (Lipinski definition) is 0. The van der Waals surface area contributed by atoms with Gasteiger partial charge in [0.1, 0.15) is 0 Å². The van der Waals surface area contributed by atoms with Gasteiger partial charge in [-0.3, -0.25) is 14.9 Å². The van der Waals surface area contributed by atoms with E-state index in [-0.39, 0.29) is 42.2 Å². The van der Waals surface area contributed by atoms with Gasteiger partial charge in [0.15, 0.2) is 11.5 Å². The van der Waals surface area contributed by atoms with E-state index in [4.69, 9.17) is 14.2 Å². The van der Waals surface area contributed by atoms with E-state index >= 15 is 0 Å². The number of nitro benzene ring substituents is 1. The molecular formula is C23H24N2O7. The van der Waals surface area contributed by atoms with E-state index in [1.807, 2.05) is 12.1 Å². The van der Waals surface area contributed by atoms with Crippen LogP contribution in [-0.4, -0.2) is 41.1 Å². The van der Waals surface area contributed by atoms with Gasteiger partial charge in [0, 0.05) is 30.3 Å². The third-order valence-electron chi connectivity index (χ3n) is 5.70. The number of nitrogens with zero attached hydrogens (tertiary/aromatic N) is 2. The van der Waals surface area contributed by atoms with Gasteiger partial charge in [-0.15, -0.1) is 0 Å². The summed E-state index contributed by atoms with van der Waals surface area (Å²) in [5.41, 5.74) is 0.618. The van der Waals surface area contributed by atoms with Gasteiger partial charge in [-0.25, -0.2) is 4.79 Å². The highest BCUT2D eigenvalue weighted by Gasteiger charge is 2.30. The van der Waals surface area contributed by atoms with Crippen LogP contribution in [0.1, 0.15) is 58.9 Å². The molecule has 1 aliphatic heterocycles. The van der Waals surface area contributed by atoms with Crippen LogP contribution in [0.2, 0.25) is 0 Å². The Morgan fingerprint density at radius 2 is 1.81 bits per heavy atom. The first-order valence-electron chi connectivity index (χ1n) is 10.6. The van der Waals surface area contributed by atoms with E-state index in [2.05, 4.69) is 0 Å². The van der Waals surface area contributed by atoms with Crippen molar-refractivity contribution in [2.75, 3.05) is 13.4 Å². The van der Waals surface area contributed by atoms with Gasteiger partial charge in [0.25, 0.3) is 11.6 Å². The number of amides is 1. The minimum Gasteiger partial charge on any atom is -0.462 e. The molecule has 4 rings (SSSR count). The van der Waals surface area contributed by atoms with Crippen LogP contribution in [0.25, 0.3) is 0 Å². The molecule has 168 valence electrons. The van der Waals surface area contributed by atoms with Gasteiger partial charge in [0.2, 0.25) is 6.79 Å². The first-order valence-corrected chi connectivity index (χ1v) is 10.6. The molecule has 0 atom stereocenters. The lowest BCUT2D eigenvalue weighted by atomic mass is 10.0. The third kappa shape index (κ3) is 4.51. The lowest BCUT2D eigenvalue weighted by Crippen LogP contribution is -2.38. The third-order valence-corrected chi connectivity index (χ3v) is 5.70. The zero-order valence-corrected chi connectivity index (χ0v) is 17.7.